The predicted octanol–water partition coefficient (Wildman–Crippen LogP) is 0.680. The molecule has 1 aromatic rings. The SMILES string of the molecule is NC(=O)CC(=O)[C@@](O)(CO)[C@H](CCO)C[C@H]1CC(=O)c2c(O)ccc(CN3CCCCC3)c2C1. The number of primary amides is 1. The number of aromatic hydroxyl groups is 1. The molecule has 1 aromatic carbocycles. The van der Waals surface area contributed by atoms with Crippen LogP contribution in [0.3, 0.4) is 0 Å². The summed E-state index contributed by atoms with van der Waals surface area (Å²) >= 11 is 0. The van der Waals surface area contributed by atoms with Crippen LogP contribution >= 0.6 is 0 Å². The Labute approximate surface area is 199 Å². The number of piperidine rings is 1. The third-order valence-corrected chi connectivity index (χ3v) is 7.31. The number of nitrogens with two attached hydrogens (primary N) is 1. The van der Waals surface area contributed by atoms with Crippen LogP contribution in [0.1, 0.15) is 66.4 Å². The molecule has 188 valence electrons. The van der Waals surface area contributed by atoms with Crippen molar-refractivity contribution in [3.8, 4) is 5.75 Å². The van der Waals surface area contributed by atoms with Crippen LogP contribution in [0.2, 0.25) is 0 Å². The number of aliphatic hydroxyl groups excluding tert-OH is 2. The van der Waals surface area contributed by atoms with Crippen molar-refractivity contribution in [1.29, 1.82) is 0 Å². The number of hydrogen-bond donors (Lipinski definition) is 5. The molecule has 9 nitrogen and oxygen atoms in total. The van der Waals surface area contributed by atoms with Gasteiger partial charge in [-0.1, -0.05) is 12.5 Å². The number of aliphatic hydroxyl groups is 3. The third kappa shape index (κ3) is 5.83. The molecule has 2 aliphatic rings. The molecular formula is C25H36N2O7. The molecule has 3 rings (SSSR count). The molecule has 3 atom stereocenters. The number of ketones is 2. The number of phenolic OH excluding ortho intramolecular Hbond substituents is 1. The second-order valence-corrected chi connectivity index (χ2v) is 9.73. The number of amides is 1. The van der Waals surface area contributed by atoms with Gasteiger partial charge in [0.05, 0.1) is 18.6 Å². The van der Waals surface area contributed by atoms with E-state index in [9.17, 15) is 34.8 Å². The van der Waals surface area contributed by atoms with Gasteiger partial charge in [-0.05, 0) is 74.2 Å². The number of benzene rings is 1. The summed E-state index contributed by atoms with van der Waals surface area (Å²) < 4.78 is 0. The fourth-order valence-electron chi connectivity index (χ4n) is 5.49. The van der Waals surface area contributed by atoms with E-state index < -0.39 is 36.2 Å². The highest BCUT2D eigenvalue weighted by Gasteiger charge is 2.45. The minimum atomic E-state index is -2.24. The van der Waals surface area contributed by atoms with Gasteiger partial charge in [-0.15, -0.1) is 0 Å². The minimum absolute atomic E-state index is 0.0137. The molecule has 0 unspecified atom stereocenters. The smallest absolute Gasteiger partial charge is 0.224 e. The van der Waals surface area contributed by atoms with Crippen LogP contribution < -0.4 is 5.73 Å². The minimum Gasteiger partial charge on any atom is -0.507 e. The number of likely N-dealkylation sites (tertiary alicyclic amines) is 1. The van der Waals surface area contributed by atoms with Gasteiger partial charge in [0.1, 0.15) is 11.4 Å². The zero-order chi connectivity index (χ0) is 24.9. The first kappa shape index (κ1) is 26.3. The maximum atomic E-state index is 13.0. The zero-order valence-electron chi connectivity index (χ0n) is 19.5. The number of rotatable bonds is 11. The first-order valence-electron chi connectivity index (χ1n) is 12.0. The molecule has 1 heterocycles. The van der Waals surface area contributed by atoms with Crippen molar-refractivity contribution < 1.29 is 34.8 Å². The van der Waals surface area contributed by atoms with Crippen LogP contribution in [0.4, 0.5) is 0 Å². The molecule has 9 heteroatoms. The number of carbonyl (C=O) groups is 3. The average molecular weight is 477 g/mol. The highest BCUT2D eigenvalue weighted by atomic mass is 16.3. The number of phenols is 1. The first-order chi connectivity index (χ1) is 16.2. The van der Waals surface area contributed by atoms with E-state index in [0.717, 1.165) is 37.1 Å². The molecule has 1 amide bonds. The second-order valence-electron chi connectivity index (χ2n) is 9.73. The van der Waals surface area contributed by atoms with Crippen molar-refractivity contribution in [3.63, 3.8) is 0 Å². The van der Waals surface area contributed by atoms with Crippen molar-refractivity contribution in [2.45, 2.75) is 63.5 Å². The summed E-state index contributed by atoms with van der Waals surface area (Å²) in [4.78, 5) is 39.2. The van der Waals surface area contributed by atoms with Crippen LogP contribution in [0.15, 0.2) is 12.1 Å². The van der Waals surface area contributed by atoms with Crippen LogP contribution in [-0.2, 0) is 22.6 Å². The summed E-state index contributed by atoms with van der Waals surface area (Å²) in [5.41, 5.74) is 4.97. The van der Waals surface area contributed by atoms with Crippen molar-refractivity contribution in [2.24, 2.45) is 17.6 Å². The van der Waals surface area contributed by atoms with Gasteiger partial charge >= 0.3 is 0 Å². The standard InChI is InChI=1S/C25H36N2O7/c26-23(33)13-22(32)25(34,15-29)18(6-9-28)10-16-11-19-17(14-27-7-2-1-3-8-27)4-5-20(30)24(19)21(31)12-16/h4-5,16,18,28-30,34H,1-3,6-15H2,(H2,26,33)/t16-,18-,25-/m1/s1. The Kier molecular flexibility index (Phi) is 8.81. The molecule has 6 N–H and O–H groups in total. The van der Waals surface area contributed by atoms with E-state index in [4.69, 9.17) is 5.73 Å². The van der Waals surface area contributed by atoms with Crippen molar-refractivity contribution in [3.05, 3.63) is 28.8 Å². The average Bonchev–Trinajstić information content (AvgIpc) is 2.80. The zero-order valence-corrected chi connectivity index (χ0v) is 19.5. The molecule has 0 bridgehead atoms. The maximum Gasteiger partial charge on any atom is 0.224 e. The Morgan fingerprint density at radius 3 is 2.47 bits per heavy atom. The predicted molar refractivity (Wildman–Crippen MR) is 124 cm³/mol. The van der Waals surface area contributed by atoms with E-state index in [1.165, 1.54) is 6.42 Å². The van der Waals surface area contributed by atoms with E-state index in [1.54, 1.807) is 6.07 Å². The monoisotopic (exact) mass is 476 g/mol. The summed E-state index contributed by atoms with van der Waals surface area (Å²) in [6.45, 7) is 1.39. The van der Waals surface area contributed by atoms with Crippen molar-refractivity contribution in [1.82, 2.24) is 4.90 Å². The van der Waals surface area contributed by atoms with Crippen LogP contribution in [0.5, 0.6) is 5.75 Å². The summed E-state index contributed by atoms with van der Waals surface area (Å²) in [6, 6.07) is 3.42. The topological polar surface area (TPSA) is 161 Å². The van der Waals surface area contributed by atoms with Gasteiger partial charge in [0.2, 0.25) is 5.91 Å². The summed E-state index contributed by atoms with van der Waals surface area (Å²) in [6.07, 6.45) is 3.52. The van der Waals surface area contributed by atoms with Crippen molar-refractivity contribution >= 4 is 17.5 Å². The lowest BCUT2D eigenvalue weighted by molar-refractivity contribution is -0.153. The molecular weight excluding hydrogens is 440 g/mol. The molecule has 0 radical (unpaired) electrons. The summed E-state index contributed by atoms with van der Waals surface area (Å²) in [5.74, 6) is -3.19. The summed E-state index contributed by atoms with van der Waals surface area (Å²) in [5, 5.41) is 40.8. The third-order valence-electron chi connectivity index (χ3n) is 7.31. The lowest BCUT2D eigenvalue weighted by atomic mass is 9.71. The Bertz CT molecular complexity index is 913. The highest BCUT2D eigenvalue weighted by molar-refractivity contribution is 6.02. The number of hydrogen-bond acceptors (Lipinski definition) is 8. The lowest BCUT2D eigenvalue weighted by Crippen LogP contribution is -2.51. The van der Waals surface area contributed by atoms with Gasteiger partial charge in [-0.25, -0.2) is 0 Å². The molecule has 1 aliphatic carbocycles. The molecule has 0 aromatic heterocycles. The Morgan fingerprint density at radius 1 is 1.15 bits per heavy atom. The number of Topliss-reactive ketones (excluding diaryl/α,β-unsaturated/α-hetero) is 2. The Balaban J connectivity index is 1.85. The number of fused-ring (bicyclic) bond motifs is 1. The van der Waals surface area contributed by atoms with E-state index >= 15 is 0 Å². The first-order valence-corrected chi connectivity index (χ1v) is 12.0. The summed E-state index contributed by atoms with van der Waals surface area (Å²) in [7, 11) is 0. The molecule has 34 heavy (non-hydrogen) atoms. The molecule has 0 spiro atoms. The quantitative estimate of drug-likeness (QED) is 0.291. The molecule has 0 saturated carbocycles. The van der Waals surface area contributed by atoms with Gasteiger partial charge in [-0.2, -0.15) is 0 Å². The highest BCUT2D eigenvalue weighted by Crippen LogP contribution is 2.39. The largest absolute Gasteiger partial charge is 0.507 e. The number of nitrogens with zero attached hydrogens (tertiary/aromatic N) is 1. The van der Waals surface area contributed by atoms with Crippen molar-refractivity contribution in [2.75, 3.05) is 26.3 Å². The van der Waals surface area contributed by atoms with Gasteiger partial charge in [0.25, 0.3) is 0 Å². The van der Waals surface area contributed by atoms with E-state index in [1.807, 2.05) is 6.07 Å². The Hall–Kier alpha value is -2.33. The number of carbonyl (C=O) groups excluding carboxylic acids is 3. The Morgan fingerprint density at radius 2 is 1.85 bits per heavy atom. The second kappa shape index (κ2) is 11.4. The molecule has 1 fully saturated rings. The fourth-order valence-corrected chi connectivity index (χ4v) is 5.49. The van der Waals surface area contributed by atoms with Gasteiger partial charge in [-0.3, -0.25) is 19.3 Å². The van der Waals surface area contributed by atoms with Crippen LogP contribution in [-0.4, -0.2) is 74.7 Å². The van der Waals surface area contributed by atoms with E-state index in [-0.39, 0.29) is 43.3 Å². The fraction of sp³-hybridized carbons (Fsp3) is 0.640. The van der Waals surface area contributed by atoms with E-state index in [2.05, 4.69) is 4.90 Å². The van der Waals surface area contributed by atoms with Gasteiger partial charge in [0.15, 0.2) is 11.6 Å². The molecule has 1 saturated heterocycles. The van der Waals surface area contributed by atoms with Gasteiger partial charge in [0, 0.05) is 19.6 Å². The van der Waals surface area contributed by atoms with Crippen LogP contribution in [0, 0.1) is 11.8 Å². The van der Waals surface area contributed by atoms with Gasteiger partial charge < -0.3 is 26.2 Å². The van der Waals surface area contributed by atoms with Crippen LogP contribution in [0.25, 0.3) is 0 Å². The molecule has 1 aliphatic heterocycles. The normalized spacial score (nSPS) is 21.5. The maximum absolute atomic E-state index is 13.0. The van der Waals surface area contributed by atoms with E-state index in [0.29, 0.717) is 18.5 Å². The lowest BCUT2D eigenvalue weighted by Gasteiger charge is -2.37.